The number of nitrogens with one attached hydrogen (secondary N) is 2. The summed E-state index contributed by atoms with van der Waals surface area (Å²) in [5.41, 5.74) is -0.750. The fourth-order valence-corrected chi connectivity index (χ4v) is 2.39. The highest BCUT2D eigenvalue weighted by Gasteiger charge is 2.39. The van der Waals surface area contributed by atoms with Crippen LogP contribution < -0.4 is 10.6 Å². The quantitative estimate of drug-likeness (QED) is 0.637. The molecule has 0 saturated heterocycles. The van der Waals surface area contributed by atoms with E-state index in [-0.39, 0.29) is 12.6 Å². The number of carboxylic acids is 1. The number of unbranched alkanes of at least 4 members (excludes halogenated alkanes) is 1. The molecular formula is C13H24N2O3. The maximum atomic E-state index is 11.5. The molecule has 0 aliphatic heterocycles. The predicted octanol–water partition coefficient (Wildman–Crippen LogP) is 2.12. The molecule has 0 spiro atoms. The lowest BCUT2D eigenvalue weighted by Gasteiger charge is -2.33. The van der Waals surface area contributed by atoms with Crippen molar-refractivity contribution in [3.8, 4) is 0 Å². The average Bonchev–Trinajstić information content (AvgIpc) is 2.37. The molecule has 5 nitrogen and oxygen atoms in total. The van der Waals surface area contributed by atoms with E-state index in [9.17, 15) is 14.7 Å². The fraction of sp³-hybridized carbons (Fsp3) is 0.846. The molecule has 0 bridgehead atoms. The molecular weight excluding hydrogens is 232 g/mol. The Kier molecular flexibility index (Phi) is 5.95. The number of carboxylic acid groups (broad SMARTS) is 1. The Morgan fingerprint density at radius 1 is 1.17 bits per heavy atom. The Labute approximate surface area is 108 Å². The van der Waals surface area contributed by atoms with E-state index in [0.717, 1.165) is 32.1 Å². The molecule has 18 heavy (non-hydrogen) atoms. The van der Waals surface area contributed by atoms with Crippen molar-refractivity contribution < 1.29 is 14.7 Å². The van der Waals surface area contributed by atoms with E-state index in [1.165, 1.54) is 0 Å². The second-order valence-electron chi connectivity index (χ2n) is 5.11. The molecule has 0 atom stereocenters. The summed E-state index contributed by atoms with van der Waals surface area (Å²) in [5.74, 6) is -0.781. The predicted molar refractivity (Wildman–Crippen MR) is 69.5 cm³/mol. The van der Waals surface area contributed by atoms with Gasteiger partial charge in [-0.05, 0) is 19.3 Å². The lowest BCUT2D eigenvalue weighted by molar-refractivity contribution is -0.150. The van der Waals surface area contributed by atoms with Crippen molar-refractivity contribution in [3.63, 3.8) is 0 Å². The molecule has 0 heterocycles. The largest absolute Gasteiger partial charge is 0.481 e. The highest BCUT2D eigenvalue weighted by atomic mass is 16.4. The molecule has 3 N–H and O–H groups in total. The van der Waals surface area contributed by atoms with Crippen LogP contribution in [0, 0.1) is 5.41 Å². The number of hydrogen-bond acceptors (Lipinski definition) is 2. The van der Waals surface area contributed by atoms with Crippen molar-refractivity contribution in [3.05, 3.63) is 0 Å². The number of rotatable bonds is 6. The molecule has 1 aliphatic carbocycles. The first-order chi connectivity index (χ1) is 8.60. The van der Waals surface area contributed by atoms with Crippen LogP contribution in [0.25, 0.3) is 0 Å². The van der Waals surface area contributed by atoms with Gasteiger partial charge in [0.2, 0.25) is 0 Å². The van der Waals surface area contributed by atoms with Crippen LogP contribution in [0.1, 0.15) is 51.9 Å². The highest BCUT2D eigenvalue weighted by molar-refractivity contribution is 5.78. The first-order valence-electron chi connectivity index (χ1n) is 6.86. The van der Waals surface area contributed by atoms with E-state index in [4.69, 9.17) is 0 Å². The van der Waals surface area contributed by atoms with Crippen LogP contribution in [0.2, 0.25) is 0 Å². The highest BCUT2D eigenvalue weighted by Crippen LogP contribution is 2.35. The summed E-state index contributed by atoms with van der Waals surface area (Å²) in [6.07, 6.45) is 6.26. The van der Waals surface area contributed by atoms with Gasteiger partial charge in [-0.15, -0.1) is 0 Å². The fourth-order valence-electron chi connectivity index (χ4n) is 2.39. The van der Waals surface area contributed by atoms with Gasteiger partial charge in [0.15, 0.2) is 0 Å². The molecule has 104 valence electrons. The summed E-state index contributed by atoms with van der Waals surface area (Å²) in [6, 6.07) is -0.255. The minimum Gasteiger partial charge on any atom is -0.481 e. The van der Waals surface area contributed by atoms with E-state index in [1.54, 1.807) is 0 Å². The van der Waals surface area contributed by atoms with Crippen molar-refractivity contribution in [2.45, 2.75) is 51.9 Å². The summed E-state index contributed by atoms with van der Waals surface area (Å²) in [5, 5.41) is 14.8. The third kappa shape index (κ3) is 4.20. The monoisotopic (exact) mass is 256 g/mol. The molecule has 0 unspecified atom stereocenters. The lowest BCUT2D eigenvalue weighted by Crippen LogP contribution is -2.47. The first kappa shape index (κ1) is 14.8. The number of hydrogen-bond donors (Lipinski definition) is 3. The van der Waals surface area contributed by atoms with Crippen molar-refractivity contribution in [2.24, 2.45) is 5.41 Å². The van der Waals surface area contributed by atoms with Gasteiger partial charge in [0.25, 0.3) is 0 Å². The zero-order valence-corrected chi connectivity index (χ0v) is 11.1. The zero-order valence-electron chi connectivity index (χ0n) is 11.1. The van der Waals surface area contributed by atoms with Gasteiger partial charge in [-0.1, -0.05) is 32.6 Å². The Hall–Kier alpha value is -1.26. The molecule has 1 aliphatic rings. The van der Waals surface area contributed by atoms with Gasteiger partial charge in [-0.2, -0.15) is 0 Å². The van der Waals surface area contributed by atoms with Crippen molar-refractivity contribution in [1.82, 2.24) is 10.6 Å². The zero-order chi connectivity index (χ0) is 13.4. The summed E-state index contributed by atoms with van der Waals surface area (Å²) in [6.45, 7) is 2.93. The molecule has 0 radical (unpaired) electrons. The van der Waals surface area contributed by atoms with E-state index in [0.29, 0.717) is 19.4 Å². The lowest BCUT2D eigenvalue weighted by atomic mass is 9.74. The van der Waals surface area contributed by atoms with Gasteiger partial charge in [-0.25, -0.2) is 4.79 Å². The Morgan fingerprint density at radius 2 is 1.83 bits per heavy atom. The Balaban J connectivity index is 2.38. The third-order valence-corrected chi connectivity index (χ3v) is 3.67. The normalized spacial score (nSPS) is 18.1. The summed E-state index contributed by atoms with van der Waals surface area (Å²) in [4.78, 5) is 22.9. The summed E-state index contributed by atoms with van der Waals surface area (Å²) >= 11 is 0. The van der Waals surface area contributed by atoms with Crippen molar-refractivity contribution in [2.75, 3.05) is 13.1 Å². The van der Waals surface area contributed by atoms with E-state index >= 15 is 0 Å². The van der Waals surface area contributed by atoms with Crippen LogP contribution in [-0.4, -0.2) is 30.2 Å². The van der Waals surface area contributed by atoms with Gasteiger partial charge in [0.1, 0.15) is 0 Å². The van der Waals surface area contributed by atoms with Gasteiger partial charge < -0.3 is 15.7 Å². The van der Waals surface area contributed by atoms with Gasteiger partial charge in [0.05, 0.1) is 5.41 Å². The minimum atomic E-state index is -0.781. The molecule has 2 amide bonds. The Bertz CT molecular complexity index is 286. The second-order valence-corrected chi connectivity index (χ2v) is 5.11. The number of carbonyl (C=O) groups excluding carboxylic acids is 1. The van der Waals surface area contributed by atoms with E-state index in [2.05, 4.69) is 17.6 Å². The number of amides is 2. The Morgan fingerprint density at radius 3 is 2.39 bits per heavy atom. The van der Waals surface area contributed by atoms with E-state index < -0.39 is 11.4 Å². The maximum absolute atomic E-state index is 11.5. The standard InChI is InChI=1S/C13H24N2O3/c1-2-3-9-14-12(18)15-10-13(11(16)17)7-5-4-6-8-13/h2-10H2,1H3,(H,16,17)(H2,14,15,18). The average molecular weight is 256 g/mol. The second kappa shape index (κ2) is 7.24. The van der Waals surface area contributed by atoms with Crippen molar-refractivity contribution >= 4 is 12.0 Å². The molecule has 0 aromatic carbocycles. The van der Waals surface area contributed by atoms with Gasteiger partial charge >= 0.3 is 12.0 Å². The van der Waals surface area contributed by atoms with Crippen LogP contribution >= 0.6 is 0 Å². The van der Waals surface area contributed by atoms with Gasteiger partial charge in [-0.3, -0.25) is 4.79 Å². The number of aliphatic carboxylic acids is 1. The molecule has 1 saturated carbocycles. The summed E-state index contributed by atoms with van der Waals surface area (Å²) < 4.78 is 0. The molecule has 1 rings (SSSR count). The maximum Gasteiger partial charge on any atom is 0.314 e. The SMILES string of the molecule is CCCCNC(=O)NCC1(C(=O)O)CCCCC1. The van der Waals surface area contributed by atoms with Crippen LogP contribution in [0.3, 0.4) is 0 Å². The number of urea groups is 1. The smallest absolute Gasteiger partial charge is 0.314 e. The molecule has 0 aromatic heterocycles. The topological polar surface area (TPSA) is 78.4 Å². The molecule has 1 fully saturated rings. The van der Waals surface area contributed by atoms with Crippen LogP contribution in [-0.2, 0) is 4.79 Å². The van der Waals surface area contributed by atoms with Crippen LogP contribution in [0.5, 0.6) is 0 Å². The van der Waals surface area contributed by atoms with E-state index in [1.807, 2.05) is 0 Å². The van der Waals surface area contributed by atoms with Crippen LogP contribution in [0.15, 0.2) is 0 Å². The van der Waals surface area contributed by atoms with Crippen molar-refractivity contribution in [1.29, 1.82) is 0 Å². The molecule has 0 aromatic rings. The number of carbonyl (C=O) groups is 2. The minimum absolute atomic E-state index is 0.236. The molecule has 5 heteroatoms. The third-order valence-electron chi connectivity index (χ3n) is 3.67. The van der Waals surface area contributed by atoms with Crippen LogP contribution in [0.4, 0.5) is 4.79 Å². The first-order valence-corrected chi connectivity index (χ1v) is 6.86. The van der Waals surface area contributed by atoms with Gasteiger partial charge in [0, 0.05) is 13.1 Å². The summed E-state index contributed by atoms with van der Waals surface area (Å²) in [7, 11) is 0.